The van der Waals surface area contributed by atoms with E-state index in [9.17, 15) is 18.4 Å². The van der Waals surface area contributed by atoms with Gasteiger partial charge in [0, 0.05) is 36.8 Å². The summed E-state index contributed by atoms with van der Waals surface area (Å²) < 4.78 is 44.3. The number of carbonyl (C=O) groups excluding carboxylic acids is 2. The van der Waals surface area contributed by atoms with E-state index in [4.69, 9.17) is 9.16 Å². The van der Waals surface area contributed by atoms with E-state index in [0.29, 0.717) is 26.6 Å². The Bertz CT molecular complexity index is 1660. The Kier molecular flexibility index (Phi) is 7.92. The van der Waals surface area contributed by atoms with Crippen LogP contribution in [-0.2, 0) is 4.43 Å². The molecule has 1 saturated heterocycles. The van der Waals surface area contributed by atoms with E-state index < -0.39 is 51.4 Å². The Morgan fingerprint density at radius 2 is 1.93 bits per heavy atom. The first-order valence-corrected chi connectivity index (χ1v) is 17.0. The number of benzene rings is 1. The summed E-state index contributed by atoms with van der Waals surface area (Å²) >= 11 is 1.18. The molecule has 2 amide bonds. The minimum atomic E-state index is -3.00. The standard InChI is InChI=1S/C30H35F2N4O4SSi/c1-17-12-18-13-19(8-9-21(18)36(17)28(38)33-5)39-23-10-11-34-20-14-24(41-25(20)23)27(37)35-16-30(31,32)15-22(35)26(29(2,3)4)40-42(6)7/h8-14,22,26H,15-16H2,1-7H3,(H,33,38). The number of aryl methyl sites for hydroxylation is 1. The van der Waals surface area contributed by atoms with Crippen molar-refractivity contribution in [1.29, 1.82) is 0 Å². The van der Waals surface area contributed by atoms with Gasteiger partial charge in [0.15, 0.2) is 0 Å². The Hall–Kier alpha value is -3.35. The number of amides is 2. The van der Waals surface area contributed by atoms with Crippen LogP contribution in [0.3, 0.4) is 0 Å². The lowest BCUT2D eigenvalue weighted by molar-refractivity contribution is 0.00419. The molecule has 1 aromatic carbocycles. The first-order valence-electron chi connectivity index (χ1n) is 13.7. The van der Waals surface area contributed by atoms with Crippen LogP contribution >= 0.6 is 11.3 Å². The SMILES string of the molecule is CNC(=O)n1c(C)cc2cc(Oc3ccnc4cc(C(=O)N5CC(F)(F)CC5C(O[Si](C)C)C(C)(C)C)sc34)ccc21. The van der Waals surface area contributed by atoms with Crippen molar-refractivity contribution in [3.63, 3.8) is 0 Å². The molecule has 8 nitrogen and oxygen atoms in total. The number of rotatable bonds is 6. The minimum absolute atomic E-state index is 0.230. The molecule has 0 spiro atoms. The maximum Gasteiger partial charge on any atom is 0.325 e. The fourth-order valence-corrected chi connectivity index (χ4v) is 7.61. The number of pyridine rings is 1. The normalized spacial score (nSPS) is 17.8. The third kappa shape index (κ3) is 5.79. The van der Waals surface area contributed by atoms with E-state index in [2.05, 4.69) is 10.3 Å². The topological polar surface area (TPSA) is 85.7 Å². The molecule has 1 aliphatic rings. The van der Waals surface area contributed by atoms with Crippen LogP contribution in [0, 0.1) is 12.3 Å². The molecule has 42 heavy (non-hydrogen) atoms. The average molecular weight is 614 g/mol. The fraction of sp³-hybridized carbons (Fsp3) is 0.433. The zero-order valence-electron chi connectivity index (χ0n) is 24.7. The molecule has 0 saturated carbocycles. The number of fused-ring (bicyclic) bond motifs is 2. The van der Waals surface area contributed by atoms with Crippen LogP contribution in [0.2, 0.25) is 13.1 Å². The van der Waals surface area contributed by atoms with Gasteiger partial charge in [-0.25, -0.2) is 13.6 Å². The molecule has 0 aliphatic carbocycles. The lowest BCUT2D eigenvalue weighted by Crippen LogP contribution is -2.50. The van der Waals surface area contributed by atoms with Gasteiger partial charge in [-0.15, -0.1) is 11.3 Å². The van der Waals surface area contributed by atoms with Gasteiger partial charge in [-0.1, -0.05) is 20.8 Å². The number of nitrogens with one attached hydrogen (secondary N) is 1. The van der Waals surface area contributed by atoms with E-state index >= 15 is 0 Å². The zero-order valence-corrected chi connectivity index (χ0v) is 26.6. The summed E-state index contributed by atoms with van der Waals surface area (Å²) in [6.45, 7) is 11.0. The van der Waals surface area contributed by atoms with E-state index in [1.807, 2.05) is 59.0 Å². The van der Waals surface area contributed by atoms with Crippen molar-refractivity contribution in [3.8, 4) is 11.5 Å². The zero-order chi connectivity index (χ0) is 30.6. The third-order valence-electron chi connectivity index (χ3n) is 7.32. The lowest BCUT2D eigenvalue weighted by atomic mass is 9.83. The highest BCUT2D eigenvalue weighted by atomic mass is 32.1. The molecule has 3 aromatic heterocycles. The number of alkyl halides is 2. The molecule has 2 unspecified atom stereocenters. The summed E-state index contributed by atoms with van der Waals surface area (Å²) in [6.07, 6.45) is 0.629. The van der Waals surface area contributed by atoms with Crippen LogP contribution in [-0.4, -0.2) is 67.1 Å². The minimum Gasteiger partial charge on any atom is -0.456 e. The number of hydrogen-bond donors (Lipinski definition) is 1. The maximum atomic E-state index is 14.8. The van der Waals surface area contributed by atoms with Gasteiger partial charge in [0.2, 0.25) is 9.04 Å². The van der Waals surface area contributed by atoms with Gasteiger partial charge < -0.3 is 19.4 Å². The maximum absolute atomic E-state index is 14.8. The van der Waals surface area contributed by atoms with Crippen LogP contribution in [0.1, 0.15) is 42.6 Å². The molecule has 223 valence electrons. The van der Waals surface area contributed by atoms with Crippen LogP contribution < -0.4 is 10.1 Å². The summed E-state index contributed by atoms with van der Waals surface area (Å²) in [6, 6.07) is 9.70. The van der Waals surface area contributed by atoms with Crippen molar-refractivity contribution in [2.24, 2.45) is 5.41 Å². The van der Waals surface area contributed by atoms with E-state index in [-0.39, 0.29) is 6.03 Å². The Labute approximate surface area is 249 Å². The molecule has 1 radical (unpaired) electrons. The average Bonchev–Trinajstić information content (AvgIpc) is 3.58. The van der Waals surface area contributed by atoms with Crippen LogP contribution in [0.5, 0.6) is 11.5 Å². The molecule has 5 rings (SSSR count). The Balaban J connectivity index is 1.46. The van der Waals surface area contributed by atoms with Crippen LogP contribution in [0.4, 0.5) is 13.6 Å². The molecule has 0 bridgehead atoms. The van der Waals surface area contributed by atoms with Crippen LogP contribution in [0.15, 0.2) is 42.6 Å². The summed E-state index contributed by atoms with van der Waals surface area (Å²) in [7, 11) is 0.377. The predicted molar refractivity (Wildman–Crippen MR) is 162 cm³/mol. The van der Waals surface area contributed by atoms with Crippen molar-refractivity contribution in [1.82, 2.24) is 19.8 Å². The molecular weight excluding hydrogens is 579 g/mol. The monoisotopic (exact) mass is 613 g/mol. The summed E-state index contributed by atoms with van der Waals surface area (Å²) in [4.78, 5) is 32.1. The first-order chi connectivity index (χ1) is 19.7. The number of carbonyl (C=O) groups is 2. The van der Waals surface area contributed by atoms with Crippen LogP contribution in [0.25, 0.3) is 21.1 Å². The molecule has 1 aliphatic heterocycles. The van der Waals surface area contributed by atoms with E-state index in [0.717, 1.165) is 16.6 Å². The molecule has 1 N–H and O–H groups in total. The largest absolute Gasteiger partial charge is 0.456 e. The Morgan fingerprint density at radius 1 is 1.19 bits per heavy atom. The summed E-state index contributed by atoms with van der Waals surface area (Å²) in [5.74, 6) is -2.42. The number of aromatic nitrogens is 2. The van der Waals surface area contributed by atoms with Gasteiger partial charge in [0.05, 0.1) is 39.3 Å². The van der Waals surface area contributed by atoms with Gasteiger partial charge in [-0.3, -0.25) is 14.3 Å². The third-order valence-corrected chi connectivity index (χ3v) is 9.18. The van der Waals surface area contributed by atoms with Gasteiger partial charge >= 0.3 is 6.03 Å². The highest BCUT2D eigenvalue weighted by Crippen LogP contribution is 2.42. The van der Waals surface area contributed by atoms with Crippen molar-refractivity contribution < 1.29 is 27.5 Å². The van der Waals surface area contributed by atoms with Crippen molar-refractivity contribution in [2.75, 3.05) is 13.6 Å². The van der Waals surface area contributed by atoms with Gasteiger partial charge in [-0.05, 0) is 55.8 Å². The second kappa shape index (κ2) is 11.0. The molecule has 4 heterocycles. The lowest BCUT2D eigenvalue weighted by Gasteiger charge is -2.40. The predicted octanol–water partition coefficient (Wildman–Crippen LogP) is 7.07. The fourth-order valence-electron chi connectivity index (χ4n) is 5.57. The number of likely N-dealkylation sites (tertiary alicyclic amines) is 1. The number of hydrogen-bond acceptors (Lipinski definition) is 6. The Morgan fingerprint density at radius 3 is 2.60 bits per heavy atom. The second-order valence-corrected chi connectivity index (χ2v) is 15.1. The van der Waals surface area contributed by atoms with Gasteiger partial charge in [-0.2, -0.15) is 0 Å². The molecule has 12 heteroatoms. The van der Waals surface area contributed by atoms with Gasteiger partial charge in [0.1, 0.15) is 11.5 Å². The summed E-state index contributed by atoms with van der Waals surface area (Å²) in [5.41, 5.74) is 1.64. The molecule has 4 aromatic rings. The number of halogens is 2. The molecule has 2 atom stereocenters. The number of nitrogens with zero attached hydrogens (tertiary/aromatic N) is 3. The first kappa shape index (κ1) is 30.1. The number of ether oxygens (including phenoxy) is 1. The van der Waals surface area contributed by atoms with Crippen molar-refractivity contribution in [2.45, 2.75) is 65.3 Å². The number of thiophene rings is 1. The van der Waals surface area contributed by atoms with Gasteiger partial charge in [0.25, 0.3) is 11.8 Å². The van der Waals surface area contributed by atoms with Crippen molar-refractivity contribution >= 4 is 53.4 Å². The summed E-state index contributed by atoms with van der Waals surface area (Å²) in [5, 5.41) is 3.48. The van der Waals surface area contributed by atoms with E-state index in [1.165, 1.54) is 16.2 Å². The second-order valence-electron chi connectivity index (χ2n) is 12.0. The molecule has 1 fully saturated rings. The van der Waals surface area contributed by atoms with E-state index in [1.54, 1.807) is 36.0 Å². The highest BCUT2D eigenvalue weighted by Gasteiger charge is 2.52. The van der Waals surface area contributed by atoms with Crippen molar-refractivity contribution in [3.05, 3.63) is 53.2 Å². The molecular formula is C30H35F2N4O4SSi. The smallest absolute Gasteiger partial charge is 0.325 e. The highest BCUT2D eigenvalue weighted by molar-refractivity contribution is 7.21. The quantitative estimate of drug-likeness (QED) is 0.235.